The number of halogens is 1. The predicted octanol–water partition coefficient (Wildman–Crippen LogP) is 4.39. The Kier molecular flexibility index (Phi) is 5.88. The fourth-order valence-corrected chi connectivity index (χ4v) is 5.69. The van der Waals surface area contributed by atoms with Gasteiger partial charge in [0.05, 0.1) is 24.3 Å². The number of allylic oxidation sites excluding steroid dienone is 3. The number of ketones is 1. The number of aromatic nitrogens is 3. The Morgan fingerprint density at radius 1 is 1.26 bits per heavy atom. The quantitative estimate of drug-likeness (QED) is 0.553. The third-order valence-corrected chi connectivity index (χ3v) is 7.31. The van der Waals surface area contributed by atoms with Crippen LogP contribution in [0.3, 0.4) is 0 Å². The molecular formula is C26H26FN5O2S. The van der Waals surface area contributed by atoms with Gasteiger partial charge >= 0.3 is 0 Å². The van der Waals surface area contributed by atoms with E-state index >= 15 is 0 Å². The summed E-state index contributed by atoms with van der Waals surface area (Å²) >= 11 is 1.55. The molecular weight excluding hydrogens is 465 g/mol. The summed E-state index contributed by atoms with van der Waals surface area (Å²) in [6.07, 6.45) is 2.91. The maximum Gasteiger partial charge on any atom is 0.250 e. The number of nitrogens with one attached hydrogen (secondary N) is 2. The first kappa shape index (κ1) is 23.2. The minimum atomic E-state index is -0.398. The number of rotatable bonds is 5. The fourth-order valence-electron chi connectivity index (χ4n) is 4.84. The van der Waals surface area contributed by atoms with Gasteiger partial charge in [0.2, 0.25) is 5.91 Å². The van der Waals surface area contributed by atoms with Crippen LogP contribution in [0.1, 0.15) is 50.1 Å². The lowest BCUT2D eigenvalue weighted by molar-refractivity contribution is -0.118. The predicted molar refractivity (Wildman–Crippen MR) is 131 cm³/mol. The molecule has 1 amide bonds. The van der Waals surface area contributed by atoms with Gasteiger partial charge in [-0.1, -0.05) is 25.1 Å². The van der Waals surface area contributed by atoms with Crippen LogP contribution < -0.4 is 10.6 Å². The topological polar surface area (TPSA) is 88.9 Å². The molecule has 3 heterocycles. The molecule has 0 saturated heterocycles. The zero-order valence-electron chi connectivity index (χ0n) is 19.8. The Hall–Kier alpha value is -3.59. The maximum atomic E-state index is 13.5. The molecule has 0 bridgehead atoms. The Labute approximate surface area is 206 Å². The largest absolute Gasteiger partial charge is 0.362 e. The lowest BCUT2D eigenvalue weighted by atomic mass is 9.69. The van der Waals surface area contributed by atoms with Crippen LogP contribution in [0.5, 0.6) is 0 Å². The van der Waals surface area contributed by atoms with Crippen LogP contribution in [0, 0.1) is 11.2 Å². The van der Waals surface area contributed by atoms with E-state index in [0.29, 0.717) is 28.9 Å². The molecule has 35 heavy (non-hydrogen) atoms. The van der Waals surface area contributed by atoms with Gasteiger partial charge in [0.1, 0.15) is 11.5 Å². The molecule has 1 aromatic carbocycles. The van der Waals surface area contributed by atoms with Crippen molar-refractivity contribution >= 4 is 23.0 Å². The zero-order valence-corrected chi connectivity index (χ0v) is 20.6. The number of dihydropyridines is 1. The van der Waals surface area contributed by atoms with E-state index in [2.05, 4.69) is 34.8 Å². The van der Waals surface area contributed by atoms with Crippen LogP contribution in [-0.2, 0) is 16.1 Å². The number of amides is 1. The number of nitrogens with zero attached hydrogens (tertiary/aromatic N) is 3. The molecule has 3 aromatic rings. The van der Waals surface area contributed by atoms with E-state index in [9.17, 15) is 14.0 Å². The van der Waals surface area contributed by atoms with Gasteiger partial charge in [0.25, 0.3) is 0 Å². The molecule has 1 aliphatic heterocycles. The van der Waals surface area contributed by atoms with Crippen molar-refractivity contribution in [2.45, 2.75) is 46.1 Å². The van der Waals surface area contributed by atoms with Crippen LogP contribution in [0.2, 0.25) is 0 Å². The molecule has 1 unspecified atom stereocenters. The Balaban J connectivity index is 1.39. The maximum absolute atomic E-state index is 13.5. The molecule has 7 nitrogen and oxygen atoms in total. The van der Waals surface area contributed by atoms with E-state index in [1.54, 1.807) is 29.7 Å². The van der Waals surface area contributed by atoms with Gasteiger partial charge in [-0.2, -0.15) is 0 Å². The Bertz CT molecular complexity index is 1350. The summed E-state index contributed by atoms with van der Waals surface area (Å²) in [6.45, 7) is 6.24. The molecule has 5 rings (SSSR count). The number of benzene rings is 1. The summed E-state index contributed by atoms with van der Waals surface area (Å²) < 4.78 is 14.7. The first-order valence-corrected chi connectivity index (χ1v) is 12.3. The SMILES string of the molecule is CC1=C(C(=O)NCc2cn(-c3ccc(F)cc3)nn2)C(c2cccs2)C2=C(CC(C)(C)CC2=O)N1. The van der Waals surface area contributed by atoms with E-state index in [1.807, 2.05) is 24.4 Å². The highest BCUT2D eigenvalue weighted by atomic mass is 32.1. The number of carbonyl (C=O) groups is 2. The van der Waals surface area contributed by atoms with Crippen molar-refractivity contribution in [1.29, 1.82) is 0 Å². The monoisotopic (exact) mass is 491 g/mol. The molecule has 0 saturated carbocycles. The summed E-state index contributed by atoms with van der Waals surface area (Å²) in [7, 11) is 0. The minimum Gasteiger partial charge on any atom is -0.362 e. The molecule has 1 atom stereocenters. The molecule has 1 aliphatic carbocycles. The third kappa shape index (κ3) is 4.55. The summed E-state index contributed by atoms with van der Waals surface area (Å²) in [4.78, 5) is 27.7. The number of Topliss-reactive ketones (excluding diaryl/α,β-unsaturated/α-hetero) is 1. The smallest absolute Gasteiger partial charge is 0.250 e. The molecule has 2 aliphatic rings. The third-order valence-electron chi connectivity index (χ3n) is 6.37. The number of carbonyl (C=O) groups excluding carboxylic acids is 2. The van der Waals surface area contributed by atoms with Crippen LogP contribution >= 0.6 is 11.3 Å². The highest BCUT2D eigenvalue weighted by Crippen LogP contribution is 2.47. The summed E-state index contributed by atoms with van der Waals surface area (Å²) in [5.74, 6) is -0.898. The summed E-state index contributed by atoms with van der Waals surface area (Å²) in [5.41, 5.74) is 4.02. The van der Waals surface area contributed by atoms with Gasteiger partial charge in [0, 0.05) is 33.8 Å². The second kappa shape index (κ2) is 8.88. The molecule has 2 aromatic heterocycles. The molecule has 2 N–H and O–H groups in total. The van der Waals surface area contributed by atoms with Gasteiger partial charge in [-0.25, -0.2) is 9.07 Å². The summed E-state index contributed by atoms with van der Waals surface area (Å²) in [5, 5.41) is 16.5. The average molecular weight is 492 g/mol. The lowest BCUT2D eigenvalue weighted by Gasteiger charge is -2.39. The van der Waals surface area contributed by atoms with E-state index < -0.39 is 5.92 Å². The van der Waals surface area contributed by atoms with Crippen LogP contribution in [0.15, 0.2) is 70.5 Å². The second-order valence-electron chi connectivity index (χ2n) is 9.76. The van der Waals surface area contributed by atoms with E-state index in [0.717, 1.165) is 22.7 Å². The molecule has 0 fully saturated rings. The number of hydrogen-bond acceptors (Lipinski definition) is 6. The first-order chi connectivity index (χ1) is 16.7. The van der Waals surface area contributed by atoms with E-state index in [-0.39, 0.29) is 29.5 Å². The van der Waals surface area contributed by atoms with Crippen molar-refractivity contribution in [3.05, 3.63) is 86.9 Å². The van der Waals surface area contributed by atoms with E-state index in [1.165, 1.54) is 16.8 Å². The normalized spacial score (nSPS) is 19.4. The second-order valence-corrected chi connectivity index (χ2v) is 10.7. The van der Waals surface area contributed by atoms with Crippen molar-refractivity contribution in [2.24, 2.45) is 5.41 Å². The van der Waals surface area contributed by atoms with Gasteiger partial charge in [-0.05, 0) is 54.5 Å². The molecule has 180 valence electrons. The lowest BCUT2D eigenvalue weighted by Crippen LogP contribution is -2.40. The van der Waals surface area contributed by atoms with Crippen molar-refractivity contribution in [3.8, 4) is 5.69 Å². The first-order valence-electron chi connectivity index (χ1n) is 11.4. The number of hydrogen-bond donors (Lipinski definition) is 2. The van der Waals surface area contributed by atoms with Crippen molar-refractivity contribution < 1.29 is 14.0 Å². The molecule has 0 spiro atoms. The van der Waals surface area contributed by atoms with Crippen molar-refractivity contribution in [3.63, 3.8) is 0 Å². The Morgan fingerprint density at radius 3 is 2.74 bits per heavy atom. The fraction of sp³-hybridized carbons (Fsp3) is 0.308. The van der Waals surface area contributed by atoms with Gasteiger partial charge in [0.15, 0.2) is 5.78 Å². The van der Waals surface area contributed by atoms with Crippen molar-refractivity contribution in [1.82, 2.24) is 25.6 Å². The van der Waals surface area contributed by atoms with Crippen molar-refractivity contribution in [2.75, 3.05) is 0 Å². The highest BCUT2D eigenvalue weighted by molar-refractivity contribution is 7.10. The zero-order chi connectivity index (χ0) is 24.7. The van der Waals surface area contributed by atoms with E-state index in [4.69, 9.17) is 0 Å². The van der Waals surface area contributed by atoms with Crippen LogP contribution in [-0.4, -0.2) is 26.7 Å². The molecule has 9 heteroatoms. The van der Waals surface area contributed by atoms with Crippen LogP contribution in [0.4, 0.5) is 4.39 Å². The minimum absolute atomic E-state index is 0.0854. The summed E-state index contributed by atoms with van der Waals surface area (Å²) in [6, 6.07) is 9.84. The van der Waals surface area contributed by atoms with Gasteiger partial charge in [-0.3, -0.25) is 9.59 Å². The number of thiophene rings is 1. The average Bonchev–Trinajstić information content (AvgIpc) is 3.48. The standard InChI is InChI=1S/C26H26FN5O2S/c1-15-22(25(34)28-13-17-14-32(31-30-17)18-8-6-16(27)7-9-18)24(21-5-4-10-35-21)23-19(29-15)11-26(2,3)12-20(23)33/h4-10,14,24,29H,11-13H2,1-3H3,(H,28,34). The van der Waals surface area contributed by atoms with Crippen LogP contribution in [0.25, 0.3) is 5.69 Å². The van der Waals surface area contributed by atoms with Gasteiger partial charge < -0.3 is 10.6 Å². The Morgan fingerprint density at radius 2 is 2.03 bits per heavy atom. The van der Waals surface area contributed by atoms with Gasteiger partial charge in [-0.15, -0.1) is 16.4 Å². The molecule has 0 radical (unpaired) electrons. The highest BCUT2D eigenvalue weighted by Gasteiger charge is 2.42.